The molecule has 0 fully saturated rings. The first-order valence-corrected chi connectivity index (χ1v) is 6.08. The number of hydrogen-bond donors (Lipinski definition) is 1. The van der Waals surface area contributed by atoms with Crippen molar-refractivity contribution in [2.24, 2.45) is 0 Å². The van der Waals surface area contributed by atoms with Crippen LogP contribution >= 0.6 is 0 Å². The molecule has 0 aliphatic carbocycles. The molecule has 1 aromatic heterocycles. The molecule has 1 aromatic carbocycles. The molecule has 1 heterocycles. The second kappa shape index (κ2) is 6.12. The van der Waals surface area contributed by atoms with E-state index in [0.717, 1.165) is 0 Å². The minimum Gasteiger partial charge on any atom is -0.308 e. The molecule has 2 rings (SSSR count). The van der Waals surface area contributed by atoms with E-state index in [2.05, 4.69) is 10.4 Å². The van der Waals surface area contributed by atoms with Crippen LogP contribution in [-0.4, -0.2) is 15.8 Å². The fourth-order valence-electron chi connectivity index (χ4n) is 1.82. The number of nitrogens with zero attached hydrogens (tertiary/aromatic N) is 3. The van der Waals surface area contributed by atoms with E-state index in [1.165, 1.54) is 12.1 Å². The lowest BCUT2D eigenvalue weighted by atomic mass is 10.1. The number of benzene rings is 1. The molecule has 2 aromatic rings. The van der Waals surface area contributed by atoms with Crippen molar-refractivity contribution < 1.29 is 4.39 Å². The lowest BCUT2D eigenvalue weighted by Gasteiger charge is -2.14. The number of aromatic nitrogens is 2. The van der Waals surface area contributed by atoms with Crippen molar-refractivity contribution >= 4 is 0 Å². The minimum absolute atomic E-state index is 0.157. The molecule has 19 heavy (non-hydrogen) atoms. The third-order valence-electron chi connectivity index (χ3n) is 2.84. The van der Waals surface area contributed by atoms with Gasteiger partial charge in [0.15, 0.2) is 0 Å². The third-order valence-corrected chi connectivity index (χ3v) is 2.84. The van der Waals surface area contributed by atoms with E-state index in [4.69, 9.17) is 5.26 Å². The van der Waals surface area contributed by atoms with Crippen LogP contribution in [0.2, 0.25) is 0 Å². The van der Waals surface area contributed by atoms with Gasteiger partial charge in [-0.25, -0.2) is 4.39 Å². The quantitative estimate of drug-likeness (QED) is 0.893. The second-order valence-electron chi connectivity index (χ2n) is 4.43. The van der Waals surface area contributed by atoms with Crippen LogP contribution in [-0.2, 0) is 13.1 Å². The van der Waals surface area contributed by atoms with Crippen LogP contribution in [0.15, 0.2) is 36.7 Å². The molecule has 0 spiro atoms. The van der Waals surface area contributed by atoms with Gasteiger partial charge in [-0.1, -0.05) is 0 Å². The van der Waals surface area contributed by atoms with Gasteiger partial charge >= 0.3 is 0 Å². The normalized spacial score (nSPS) is 12.1. The Labute approximate surface area is 111 Å². The molecule has 0 radical (unpaired) electrons. The van der Waals surface area contributed by atoms with Crippen LogP contribution in [0.4, 0.5) is 4.39 Å². The summed E-state index contributed by atoms with van der Waals surface area (Å²) in [4.78, 5) is 0. The summed E-state index contributed by atoms with van der Waals surface area (Å²) < 4.78 is 15.4. The summed E-state index contributed by atoms with van der Waals surface area (Å²) >= 11 is 0. The topological polar surface area (TPSA) is 53.6 Å². The van der Waals surface area contributed by atoms with Gasteiger partial charge in [-0.3, -0.25) is 4.68 Å². The zero-order valence-electron chi connectivity index (χ0n) is 10.7. The Morgan fingerprint density at radius 3 is 3.05 bits per heavy atom. The number of rotatable bonds is 5. The lowest BCUT2D eigenvalue weighted by Crippen LogP contribution is -2.30. The average Bonchev–Trinajstić information content (AvgIpc) is 2.90. The summed E-state index contributed by atoms with van der Waals surface area (Å²) in [7, 11) is 0. The first kappa shape index (κ1) is 13.2. The van der Waals surface area contributed by atoms with Crippen molar-refractivity contribution in [1.82, 2.24) is 15.1 Å². The molecule has 1 atom stereocenters. The molecule has 0 aliphatic rings. The van der Waals surface area contributed by atoms with Gasteiger partial charge in [0, 0.05) is 30.5 Å². The van der Waals surface area contributed by atoms with Gasteiger partial charge in [0.05, 0.1) is 18.2 Å². The van der Waals surface area contributed by atoms with E-state index >= 15 is 0 Å². The first-order valence-electron chi connectivity index (χ1n) is 6.08. The fraction of sp³-hybridized carbons (Fsp3) is 0.286. The van der Waals surface area contributed by atoms with Crippen molar-refractivity contribution in [3.8, 4) is 6.07 Å². The largest absolute Gasteiger partial charge is 0.308 e. The van der Waals surface area contributed by atoms with E-state index in [-0.39, 0.29) is 11.9 Å². The summed E-state index contributed by atoms with van der Waals surface area (Å²) in [5.74, 6) is -0.294. The van der Waals surface area contributed by atoms with Crippen molar-refractivity contribution in [3.63, 3.8) is 0 Å². The monoisotopic (exact) mass is 258 g/mol. The summed E-state index contributed by atoms with van der Waals surface area (Å²) in [6, 6.07) is 8.41. The van der Waals surface area contributed by atoms with Gasteiger partial charge in [0.2, 0.25) is 0 Å². The molecule has 0 saturated heterocycles. The Balaban J connectivity index is 1.93. The molecular formula is C14H15FN4. The maximum atomic E-state index is 13.6. The standard InChI is InChI=1S/C14H15FN4/c1-11(10-19-6-2-5-18-19)17-9-13-7-12(8-16)3-4-14(13)15/h2-7,11,17H,9-10H2,1H3. The molecule has 0 amide bonds. The Kier molecular flexibility index (Phi) is 4.26. The van der Waals surface area contributed by atoms with E-state index in [1.807, 2.05) is 29.9 Å². The minimum atomic E-state index is -0.294. The van der Waals surface area contributed by atoms with E-state index in [9.17, 15) is 4.39 Å². The molecule has 1 unspecified atom stereocenters. The molecule has 5 heteroatoms. The first-order chi connectivity index (χ1) is 9.19. The highest BCUT2D eigenvalue weighted by Crippen LogP contribution is 2.10. The van der Waals surface area contributed by atoms with Crippen LogP contribution < -0.4 is 5.32 Å². The number of nitriles is 1. The van der Waals surface area contributed by atoms with Gasteiger partial charge < -0.3 is 5.32 Å². The van der Waals surface area contributed by atoms with Gasteiger partial charge in [0.25, 0.3) is 0 Å². The van der Waals surface area contributed by atoms with Crippen molar-refractivity contribution in [2.45, 2.75) is 26.1 Å². The summed E-state index contributed by atoms with van der Waals surface area (Å²) in [6.07, 6.45) is 3.61. The summed E-state index contributed by atoms with van der Waals surface area (Å²) in [5.41, 5.74) is 0.976. The van der Waals surface area contributed by atoms with E-state index in [0.29, 0.717) is 24.2 Å². The van der Waals surface area contributed by atoms with Crippen molar-refractivity contribution in [2.75, 3.05) is 0 Å². The zero-order valence-corrected chi connectivity index (χ0v) is 10.7. The Bertz CT molecular complexity index is 572. The predicted molar refractivity (Wildman–Crippen MR) is 69.6 cm³/mol. The molecule has 4 nitrogen and oxygen atoms in total. The number of hydrogen-bond acceptors (Lipinski definition) is 3. The summed E-state index contributed by atoms with van der Waals surface area (Å²) in [6.45, 7) is 3.12. The molecule has 1 N–H and O–H groups in total. The van der Waals surface area contributed by atoms with Gasteiger partial charge in [-0.05, 0) is 31.2 Å². The SMILES string of the molecule is CC(Cn1cccn1)NCc1cc(C#N)ccc1F. The fourth-order valence-corrected chi connectivity index (χ4v) is 1.82. The molecule has 0 bridgehead atoms. The maximum Gasteiger partial charge on any atom is 0.127 e. The van der Waals surface area contributed by atoms with Crippen molar-refractivity contribution in [3.05, 3.63) is 53.6 Å². The van der Waals surface area contributed by atoms with Crippen LogP contribution in [0.25, 0.3) is 0 Å². The highest BCUT2D eigenvalue weighted by atomic mass is 19.1. The Morgan fingerprint density at radius 1 is 1.53 bits per heavy atom. The molecule has 0 aliphatic heterocycles. The molecule has 0 saturated carbocycles. The van der Waals surface area contributed by atoms with E-state index < -0.39 is 0 Å². The predicted octanol–water partition coefficient (Wildman–Crippen LogP) is 2.07. The highest BCUT2D eigenvalue weighted by molar-refractivity contribution is 5.33. The lowest BCUT2D eigenvalue weighted by molar-refractivity contribution is 0.445. The third kappa shape index (κ3) is 3.63. The van der Waals surface area contributed by atoms with Crippen LogP contribution in [0.5, 0.6) is 0 Å². The van der Waals surface area contributed by atoms with Gasteiger partial charge in [-0.2, -0.15) is 10.4 Å². The van der Waals surface area contributed by atoms with Crippen molar-refractivity contribution in [1.29, 1.82) is 5.26 Å². The van der Waals surface area contributed by atoms with Gasteiger partial charge in [-0.15, -0.1) is 0 Å². The number of nitrogens with one attached hydrogen (secondary N) is 1. The number of halogens is 1. The molecule has 98 valence electrons. The molecular weight excluding hydrogens is 243 g/mol. The Hall–Kier alpha value is -2.19. The van der Waals surface area contributed by atoms with E-state index in [1.54, 1.807) is 12.3 Å². The maximum absolute atomic E-state index is 13.6. The van der Waals surface area contributed by atoms with Gasteiger partial charge in [0.1, 0.15) is 5.82 Å². The second-order valence-corrected chi connectivity index (χ2v) is 4.43. The van der Waals surface area contributed by atoms with Crippen LogP contribution in [0, 0.1) is 17.1 Å². The smallest absolute Gasteiger partial charge is 0.127 e. The Morgan fingerprint density at radius 2 is 2.37 bits per heavy atom. The van der Waals surface area contributed by atoms with Crippen LogP contribution in [0.1, 0.15) is 18.1 Å². The average molecular weight is 258 g/mol. The zero-order chi connectivity index (χ0) is 13.7. The van der Waals surface area contributed by atoms with Crippen LogP contribution in [0.3, 0.4) is 0 Å². The highest BCUT2D eigenvalue weighted by Gasteiger charge is 2.07. The summed E-state index contributed by atoms with van der Waals surface area (Å²) in [5, 5.41) is 16.1.